The molecule has 0 amide bonds. The van der Waals surface area contributed by atoms with Crippen molar-refractivity contribution in [1.82, 2.24) is 20.4 Å². The zero-order valence-corrected chi connectivity index (χ0v) is 20.9. The van der Waals surface area contributed by atoms with E-state index in [4.69, 9.17) is 5.73 Å². The third-order valence-electron chi connectivity index (χ3n) is 8.42. The molecule has 3 aliphatic rings. The second kappa shape index (κ2) is 10.8. The van der Waals surface area contributed by atoms with Crippen LogP contribution in [0.2, 0.25) is 0 Å². The number of allylic oxidation sites excluding steroid dienone is 5. The van der Waals surface area contributed by atoms with Crippen molar-refractivity contribution in [3.63, 3.8) is 0 Å². The summed E-state index contributed by atoms with van der Waals surface area (Å²) >= 11 is 0. The number of fused-ring (bicyclic) bond motifs is 1. The Balaban J connectivity index is 1.44. The van der Waals surface area contributed by atoms with E-state index >= 15 is 0 Å². The fourth-order valence-corrected chi connectivity index (χ4v) is 5.62. The quantitative estimate of drug-likeness (QED) is 0.506. The van der Waals surface area contributed by atoms with E-state index in [9.17, 15) is 0 Å². The number of nitrogens with zero attached hydrogens (tertiary/aromatic N) is 2. The Labute approximate surface area is 191 Å². The lowest BCUT2D eigenvalue weighted by molar-refractivity contribution is 0.158. The molecule has 0 saturated carbocycles. The van der Waals surface area contributed by atoms with E-state index in [1.54, 1.807) is 11.1 Å². The topological polar surface area (TPSA) is 56.6 Å². The van der Waals surface area contributed by atoms with Gasteiger partial charge in [-0.25, -0.2) is 0 Å². The summed E-state index contributed by atoms with van der Waals surface area (Å²) in [6, 6.07) is 0.325. The number of hydrogen-bond donors (Lipinski definition) is 3. The average molecular weight is 430 g/mol. The minimum absolute atomic E-state index is 0.0303. The number of nitrogens with two attached hydrogens (primary N) is 1. The number of likely N-dealkylation sites (N-methyl/N-ethyl adjacent to an activating group) is 1. The second-order valence-electron chi connectivity index (χ2n) is 10.6. The maximum absolute atomic E-state index is 6.35. The number of nitrogens with one attached hydrogen (secondary N) is 2. The highest BCUT2D eigenvalue weighted by Gasteiger charge is 2.43. The van der Waals surface area contributed by atoms with Gasteiger partial charge in [0.1, 0.15) is 0 Å². The molecule has 2 heterocycles. The molecule has 176 valence electrons. The molecule has 5 heteroatoms. The van der Waals surface area contributed by atoms with Crippen LogP contribution in [0.25, 0.3) is 0 Å². The van der Waals surface area contributed by atoms with E-state index < -0.39 is 0 Å². The third kappa shape index (κ3) is 5.88. The van der Waals surface area contributed by atoms with Gasteiger partial charge in [-0.2, -0.15) is 0 Å². The molecule has 3 rings (SSSR count). The molecule has 31 heavy (non-hydrogen) atoms. The van der Waals surface area contributed by atoms with E-state index in [2.05, 4.69) is 80.3 Å². The third-order valence-corrected chi connectivity index (χ3v) is 8.42. The fourth-order valence-electron chi connectivity index (χ4n) is 5.62. The Hall–Kier alpha value is -0.980. The van der Waals surface area contributed by atoms with Gasteiger partial charge in [0.2, 0.25) is 0 Å². The zero-order valence-electron chi connectivity index (χ0n) is 20.9. The van der Waals surface area contributed by atoms with Crippen LogP contribution in [0.3, 0.4) is 0 Å². The summed E-state index contributed by atoms with van der Waals surface area (Å²) in [7, 11) is 2.18. The van der Waals surface area contributed by atoms with Gasteiger partial charge in [-0.3, -0.25) is 20.4 Å². The Bertz CT molecular complexity index is 696. The molecule has 0 aromatic heterocycles. The first-order valence-electron chi connectivity index (χ1n) is 12.4. The summed E-state index contributed by atoms with van der Waals surface area (Å²) in [6.45, 7) is 14.6. The normalized spacial score (nSPS) is 35.9. The molecule has 0 aromatic carbocycles. The summed E-state index contributed by atoms with van der Waals surface area (Å²) in [6.07, 6.45) is 15.1. The second-order valence-corrected chi connectivity index (χ2v) is 10.6. The van der Waals surface area contributed by atoms with Gasteiger partial charge in [0, 0.05) is 13.2 Å². The van der Waals surface area contributed by atoms with Crippen molar-refractivity contribution in [2.75, 3.05) is 26.9 Å². The molecular weight excluding hydrogens is 382 g/mol. The summed E-state index contributed by atoms with van der Waals surface area (Å²) in [5.41, 5.74) is 11.4. The zero-order chi connectivity index (χ0) is 22.6. The van der Waals surface area contributed by atoms with Crippen LogP contribution >= 0.6 is 0 Å². The predicted octanol–water partition coefficient (Wildman–Crippen LogP) is 4.16. The van der Waals surface area contributed by atoms with E-state index in [1.165, 1.54) is 31.3 Å². The SMILES string of the molecule is CC(=CCN1CN(C)C2NCNC(N)C21)CCC=C(C)CCC1(C)C(C)=CCCC1C. The van der Waals surface area contributed by atoms with Crippen LogP contribution in [0.15, 0.2) is 34.9 Å². The Kier molecular flexibility index (Phi) is 8.56. The van der Waals surface area contributed by atoms with Crippen molar-refractivity contribution >= 4 is 0 Å². The Morgan fingerprint density at radius 2 is 1.97 bits per heavy atom. The van der Waals surface area contributed by atoms with Crippen LogP contribution in [0.4, 0.5) is 0 Å². The molecule has 5 atom stereocenters. The lowest BCUT2D eigenvalue weighted by atomic mass is 9.65. The van der Waals surface area contributed by atoms with Crippen LogP contribution in [0.5, 0.6) is 0 Å². The smallest absolute Gasteiger partial charge is 0.0804 e. The molecule has 0 aromatic rings. The molecule has 5 nitrogen and oxygen atoms in total. The molecule has 0 radical (unpaired) electrons. The van der Waals surface area contributed by atoms with Crippen LogP contribution in [0.1, 0.15) is 73.1 Å². The van der Waals surface area contributed by atoms with E-state index in [1.807, 2.05) is 0 Å². The minimum Gasteiger partial charge on any atom is -0.314 e. The Morgan fingerprint density at radius 1 is 1.23 bits per heavy atom. The van der Waals surface area contributed by atoms with Gasteiger partial charge in [-0.15, -0.1) is 0 Å². The van der Waals surface area contributed by atoms with Crippen LogP contribution in [0, 0.1) is 11.3 Å². The molecule has 5 unspecified atom stereocenters. The highest BCUT2D eigenvalue weighted by molar-refractivity contribution is 5.17. The van der Waals surface area contributed by atoms with Gasteiger partial charge >= 0.3 is 0 Å². The van der Waals surface area contributed by atoms with Crippen LogP contribution in [-0.2, 0) is 0 Å². The predicted molar refractivity (Wildman–Crippen MR) is 132 cm³/mol. The van der Waals surface area contributed by atoms with Crippen molar-refractivity contribution in [3.05, 3.63) is 34.9 Å². The monoisotopic (exact) mass is 429 g/mol. The summed E-state index contributed by atoms with van der Waals surface area (Å²) in [5.74, 6) is 0.794. The molecular formula is C26H47N5. The van der Waals surface area contributed by atoms with Crippen LogP contribution < -0.4 is 16.4 Å². The summed E-state index contributed by atoms with van der Waals surface area (Å²) < 4.78 is 0. The van der Waals surface area contributed by atoms with Crippen molar-refractivity contribution in [2.24, 2.45) is 17.1 Å². The van der Waals surface area contributed by atoms with Crippen molar-refractivity contribution in [2.45, 2.75) is 91.5 Å². The van der Waals surface area contributed by atoms with Crippen LogP contribution in [-0.4, -0.2) is 55.1 Å². The molecule has 4 N–H and O–H groups in total. The van der Waals surface area contributed by atoms with E-state index in [-0.39, 0.29) is 6.17 Å². The number of hydrogen-bond acceptors (Lipinski definition) is 5. The van der Waals surface area contributed by atoms with Gasteiger partial charge in [-0.1, -0.05) is 48.8 Å². The Morgan fingerprint density at radius 3 is 2.71 bits per heavy atom. The van der Waals surface area contributed by atoms with E-state index in [0.717, 1.165) is 38.6 Å². The molecule has 0 spiro atoms. The lowest BCUT2D eigenvalue weighted by Gasteiger charge is -2.40. The summed E-state index contributed by atoms with van der Waals surface area (Å²) in [5, 5.41) is 6.88. The minimum atomic E-state index is 0.0303. The maximum Gasteiger partial charge on any atom is 0.0804 e. The fraction of sp³-hybridized carbons (Fsp3) is 0.769. The molecule has 2 fully saturated rings. The van der Waals surface area contributed by atoms with E-state index in [0.29, 0.717) is 17.6 Å². The maximum atomic E-state index is 6.35. The van der Waals surface area contributed by atoms with Gasteiger partial charge in [0.05, 0.1) is 25.0 Å². The molecule has 2 saturated heterocycles. The molecule has 1 aliphatic carbocycles. The van der Waals surface area contributed by atoms with Gasteiger partial charge in [-0.05, 0) is 77.7 Å². The van der Waals surface area contributed by atoms with Gasteiger partial charge in [0.15, 0.2) is 0 Å². The largest absolute Gasteiger partial charge is 0.314 e. The summed E-state index contributed by atoms with van der Waals surface area (Å²) in [4.78, 5) is 4.85. The van der Waals surface area contributed by atoms with Gasteiger partial charge in [0.25, 0.3) is 0 Å². The molecule has 0 bridgehead atoms. The van der Waals surface area contributed by atoms with Gasteiger partial charge < -0.3 is 5.73 Å². The number of rotatable bonds is 8. The van der Waals surface area contributed by atoms with Crippen molar-refractivity contribution in [3.8, 4) is 0 Å². The first-order valence-corrected chi connectivity index (χ1v) is 12.4. The molecule has 2 aliphatic heterocycles. The first kappa shape index (κ1) is 24.7. The lowest BCUT2D eigenvalue weighted by Crippen LogP contribution is -2.67. The highest BCUT2D eigenvalue weighted by atomic mass is 15.5. The van der Waals surface area contributed by atoms with Crippen molar-refractivity contribution < 1.29 is 0 Å². The van der Waals surface area contributed by atoms with Crippen molar-refractivity contribution in [1.29, 1.82) is 0 Å². The highest BCUT2D eigenvalue weighted by Crippen LogP contribution is 2.45. The standard InChI is InChI=1S/C26H47N5/c1-19(13-15-26(5)21(3)11-8-12-22(26)4)9-7-10-20(2)14-16-31-18-30(6)25-23(31)24(27)28-17-29-25/h9,11,14,22-25,28-29H,7-8,10,12-13,15-18,27H2,1-6H3. The average Bonchev–Trinajstić information content (AvgIpc) is 3.06. The first-order chi connectivity index (χ1) is 14.7.